The van der Waals surface area contributed by atoms with Crippen LogP contribution in [-0.4, -0.2) is 22.5 Å². The first kappa shape index (κ1) is 19.1. The summed E-state index contributed by atoms with van der Waals surface area (Å²) in [6.07, 6.45) is 2.75. The van der Waals surface area contributed by atoms with Crippen molar-refractivity contribution in [2.24, 2.45) is 0 Å². The van der Waals surface area contributed by atoms with Crippen LogP contribution in [0.4, 0.5) is 14.9 Å². The molecule has 0 saturated carbocycles. The molecular weight excluding hydrogens is 403 g/mol. The Morgan fingerprint density at radius 3 is 2.81 bits per heavy atom. The Bertz CT molecular complexity index is 1340. The molecule has 1 aromatic heterocycles. The van der Waals surface area contributed by atoms with Gasteiger partial charge in [-0.25, -0.2) is 9.18 Å². The smallest absolute Gasteiger partial charge is 0.322 e. The maximum absolute atomic E-state index is 13.7. The van der Waals surface area contributed by atoms with Crippen molar-refractivity contribution in [3.8, 4) is 0 Å². The fourth-order valence-corrected chi connectivity index (χ4v) is 4.93. The highest BCUT2D eigenvalue weighted by Crippen LogP contribution is 2.32. The molecule has 4 aromatic rings. The van der Waals surface area contributed by atoms with Gasteiger partial charge >= 0.3 is 6.03 Å². The van der Waals surface area contributed by atoms with E-state index in [1.807, 2.05) is 0 Å². The third kappa shape index (κ3) is 3.24. The summed E-state index contributed by atoms with van der Waals surface area (Å²) in [5, 5.41) is 7.24. The lowest BCUT2D eigenvalue weighted by Crippen LogP contribution is -2.30. The molecule has 0 radical (unpaired) electrons. The second kappa shape index (κ2) is 7.50. The molecule has 0 fully saturated rings. The third-order valence-electron chi connectivity index (χ3n) is 6.57. The van der Waals surface area contributed by atoms with Gasteiger partial charge in [0.25, 0.3) is 0 Å². The van der Waals surface area contributed by atoms with Crippen LogP contribution in [-0.2, 0) is 19.5 Å². The van der Waals surface area contributed by atoms with E-state index in [1.54, 1.807) is 17.2 Å². The minimum Gasteiger partial charge on any atom is -0.359 e. The second-order valence-electron chi connectivity index (χ2n) is 8.54. The highest BCUT2D eigenvalue weighted by molar-refractivity contribution is 6.01. The fourth-order valence-electron chi connectivity index (χ4n) is 4.93. The van der Waals surface area contributed by atoms with E-state index in [1.165, 1.54) is 34.4 Å². The quantitative estimate of drug-likeness (QED) is 0.418. The average molecular weight is 426 g/mol. The molecule has 2 aliphatic heterocycles. The van der Waals surface area contributed by atoms with Crippen LogP contribution in [0.3, 0.4) is 0 Å². The van der Waals surface area contributed by atoms with Crippen molar-refractivity contribution >= 4 is 22.6 Å². The molecule has 2 amide bonds. The molecule has 3 heterocycles. The first-order valence-electron chi connectivity index (χ1n) is 10.9. The van der Waals surface area contributed by atoms with Crippen LogP contribution in [0, 0.1) is 5.82 Å². The normalized spacial score (nSPS) is 17.3. The minimum atomic E-state index is -0.327. The maximum atomic E-state index is 13.7. The number of anilines is 1. The van der Waals surface area contributed by atoms with E-state index in [4.69, 9.17) is 0 Å². The molecule has 3 aromatic carbocycles. The zero-order valence-corrected chi connectivity index (χ0v) is 17.5. The number of hydrogen-bond acceptors (Lipinski definition) is 2. The van der Waals surface area contributed by atoms with Crippen LogP contribution in [0.2, 0.25) is 0 Å². The van der Waals surface area contributed by atoms with Gasteiger partial charge in [0.15, 0.2) is 0 Å². The molecule has 0 spiro atoms. The Balaban J connectivity index is 1.22. The molecule has 6 rings (SSSR count). The van der Waals surface area contributed by atoms with Crippen LogP contribution in [0.15, 0.2) is 66.9 Å². The molecule has 0 saturated heterocycles. The third-order valence-corrected chi connectivity index (χ3v) is 6.57. The van der Waals surface area contributed by atoms with Crippen molar-refractivity contribution in [2.45, 2.75) is 25.6 Å². The van der Waals surface area contributed by atoms with Crippen LogP contribution in [0.25, 0.3) is 10.9 Å². The van der Waals surface area contributed by atoms with Crippen LogP contribution in [0.1, 0.15) is 33.9 Å². The van der Waals surface area contributed by atoms with Gasteiger partial charge in [-0.05, 0) is 52.4 Å². The molecule has 0 bridgehead atoms. The van der Waals surface area contributed by atoms with Crippen molar-refractivity contribution in [1.82, 2.24) is 15.2 Å². The number of rotatable bonds is 2. The predicted octanol–water partition coefficient (Wildman–Crippen LogP) is 5.09. The molecule has 3 N–H and O–H groups in total. The van der Waals surface area contributed by atoms with E-state index in [2.05, 4.69) is 58.1 Å². The van der Waals surface area contributed by atoms with E-state index < -0.39 is 0 Å². The van der Waals surface area contributed by atoms with Crippen molar-refractivity contribution in [3.63, 3.8) is 0 Å². The van der Waals surface area contributed by atoms with E-state index >= 15 is 0 Å². The molecule has 1 unspecified atom stereocenters. The van der Waals surface area contributed by atoms with Gasteiger partial charge < -0.3 is 20.5 Å². The van der Waals surface area contributed by atoms with Gasteiger partial charge in [0, 0.05) is 36.7 Å². The predicted molar refractivity (Wildman–Crippen MR) is 123 cm³/mol. The molecular formula is C26H23FN4O. The lowest BCUT2D eigenvalue weighted by atomic mass is 9.89. The first-order valence-corrected chi connectivity index (χ1v) is 10.9. The summed E-state index contributed by atoms with van der Waals surface area (Å²) >= 11 is 0. The summed E-state index contributed by atoms with van der Waals surface area (Å²) in [6, 6.07) is 19.6. The minimum absolute atomic E-state index is 0.175. The summed E-state index contributed by atoms with van der Waals surface area (Å²) in [6.45, 7) is 2.07. The van der Waals surface area contributed by atoms with Crippen molar-refractivity contribution in [1.29, 1.82) is 0 Å². The largest absolute Gasteiger partial charge is 0.359 e. The number of hydrogen-bond donors (Lipinski definition) is 3. The van der Waals surface area contributed by atoms with Gasteiger partial charge in [0.2, 0.25) is 0 Å². The summed E-state index contributed by atoms with van der Waals surface area (Å²) in [4.78, 5) is 17.8. The van der Waals surface area contributed by atoms with E-state index in [0.29, 0.717) is 24.2 Å². The fraction of sp³-hybridized carbons (Fsp3) is 0.192. The van der Waals surface area contributed by atoms with E-state index in [9.17, 15) is 9.18 Å². The Morgan fingerprint density at radius 2 is 1.88 bits per heavy atom. The Hall–Kier alpha value is -3.64. The maximum Gasteiger partial charge on any atom is 0.322 e. The van der Waals surface area contributed by atoms with Crippen LogP contribution < -0.4 is 10.6 Å². The molecule has 1 atom stereocenters. The zero-order chi connectivity index (χ0) is 21.7. The molecule has 160 valence electrons. The topological polar surface area (TPSA) is 60.2 Å². The lowest BCUT2D eigenvalue weighted by Gasteiger charge is -2.27. The number of urea groups is 1. The van der Waals surface area contributed by atoms with Gasteiger partial charge in [0.1, 0.15) is 5.82 Å². The van der Waals surface area contributed by atoms with E-state index in [0.717, 1.165) is 24.0 Å². The molecule has 2 aliphatic rings. The van der Waals surface area contributed by atoms with Gasteiger partial charge in [-0.15, -0.1) is 0 Å². The summed E-state index contributed by atoms with van der Waals surface area (Å²) in [5.41, 5.74) is 7.67. The molecule has 6 heteroatoms. The molecule has 32 heavy (non-hydrogen) atoms. The van der Waals surface area contributed by atoms with Crippen molar-refractivity contribution < 1.29 is 9.18 Å². The summed E-state index contributed by atoms with van der Waals surface area (Å²) in [5.74, 6) is -0.327. The van der Waals surface area contributed by atoms with Gasteiger partial charge in [-0.2, -0.15) is 0 Å². The lowest BCUT2D eigenvalue weighted by molar-refractivity contribution is 0.212. The Morgan fingerprint density at radius 1 is 1.00 bits per heavy atom. The number of aromatic nitrogens is 1. The van der Waals surface area contributed by atoms with Crippen molar-refractivity contribution in [3.05, 3.63) is 100 Å². The first-order chi connectivity index (χ1) is 15.7. The average Bonchev–Trinajstić information content (AvgIpc) is 3.42. The molecule has 5 nitrogen and oxygen atoms in total. The number of benzene rings is 3. The monoisotopic (exact) mass is 426 g/mol. The Kier molecular flexibility index (Phi) is 4.47. The number of carbonyl (C=O) groups excluding carboxylic acids is 1. The number of aromatic amines is 1. The summed E-state index contributed by atoms with van der Waals surface area (Å²) < 4.78 is 13.7. The number of carbonyl (C=O) groups is 1. The zero-order valence-electron chi connectivity index (χ0n) is 17.5. The number of halogens is 1. The van der Waals surface area contributed by atoms with E-state index in [-0.39, 0.29) is 17.9 Å². The summed E-state index contributed by atoms with van der Waals surface area (Å²) in [7, 11) is 0. The number of nitrogens with one attached hydrogen (secondary N) is 3. The van der Waals surface area contributed by atoms with Crippen LogP contribution in [0.5, 0.6) is 0 Å². The van der Waals surface area contributed by atoms with Crippen molar-refractivity contribution in [2.75, 3.05) is 11.9 Å². The number of nitrogens with zero attached hydrogens (tertiary/aromatic N) is 1. The number of amides is 2. The van der Waals surface area contributed by atoms with Gasteiger partial charge in [-0.3, -0.25) is 0 Å². The highest BCUT2D eigenvalue weighted by Gasteiger charge is 2.27. The van der Waals surface area contributed by atoms with Gasteiger partial charge in [-0.1, -0.05) is 42.5 Å². The number of fused-ring (bicyclic) bond motifs is 3. The standard InChI is InChI=1S/C26H23FN4O/c27-20-7-8-23-22(12-20)24(13-29-23)30-26(32)31-14-18-6-5-17(11-19(18)15-31)25-21-4-2-1-3-16(21)9-10-28-25/h1-8,11-13,25,28-29H,9-10,14-15H2,(H,30,32). The molecule has 0 aliphatic carbocycles. The number of H-pyrrole nitrogens is 1. The highest BCUT2D eigenvalue weighted by atomic mass is 19.1. The van der Waals surface area contributed by atoms with Gasteiger partial charge in [0.05, 0.1) is 11.7 Å². The Labute approximate surface area is 185 Å². The van der Waals surface area contributed by atoms with Crippen LogP contribution >= 0.6 is 0 Å². The SMILES string of the molecule is O=C(Nc1c[nH]c2ccc(F)cc12)N1Cc2ccc(C3NCCc4ccccc43)cc2C1. The second-order valence-corrected chi connectivity index (χ2v) is 8.54.